The van der Waals surface area contributed by atoms with Crippen LogP contribution in [0.4, 0.5) is 0 Å². The summed E-state index contributed by atoms with van der Waals surface area (Å²) >= 11 is 1.91. The average molecular weight is 302 g/mol. The Morgan fingerprint density at radius 2 is 1.90 bits per heavy atom. The van der Waals surface area contributed by atoms with Gasteiger partial charge in [-0.25, -0.2) is 0 Å². The van der Waals surface area contributed by atoms with Crippen LogP contribution in [0.5, 0.6) is 0 Å². The summed E-state index contributed by atoms with van der Waals surface area (Å²) in [4.78, 5) is 0. The minimum atomic E-state index is 0.597. The lowest BCUT2D eigenvalue weighted by Gasteiger charge is -2.16. The van der Waals surface area contributed by atoms with Gasteiger partial charge in [-0.05, 0) is 50.3 Å². The van der Waals surface area contributed by atoms with Gasteiger partial charge in [-0.15, -0.1) is 0 Å². The molecule has 1 N–H and O–H groups in total. The summed E-state index contributed by atoms with van der Waals surface area (Å²) in [5, 5.41) is 3.69. The van der Waals surface area contributed by atoms with Crippen molar-refractivity contribution < 1.29 is 0 Å². The van der Waals surface area contributed by atoms with Crippen molar-refractivity contribution in [3.63, 3.8) is 0 Å². The van der Waals surface area contributed by atoms with E-state index in [0.717, 1.165) is 6.54 Å². The average Bonchev–Trinajstić information content (AvgIpc) is 2.78. The number of hydrogen-bond donors (Lipinski definition) is 1. The first-order valence-corrected chi connectivity index (χ1v) is 9.02. The van der Waals surface area contributed by atoms with Gasteiger partial charge < -0.3 is 9.88 Å². The Hall–Kier alpha value is -1.19. The van der Waals surface area contributed by atoms with Crippen molar-refractivity contribution in [3.8, 4) is 5.69 Å². The second kappa shape index (κ2) is 7.71. The molecule has 0 fully saturated rings. The van der Waals surface area contributed by atoms with Crippen LogP contribution in [-0.4, -0.2) is 22.6 Å². The lowest BCUT2D eigenvalue weighted by Crippen LogP contribution is -2.30. The molecule has 2 nitrogen and oxygen atoms in total. The Bertz CT molecular complexity index is 560. The number of aromatic nitrogens is 1. The minimum absolute atomic E-state index is 0.597. The maximum Gasteiger partial charge on any atom is 0.0455 e. The molecule has 1 heterocycles. The molecule has 0 aliphatic rings. The Morgan fingerprint density at radius 3 is 2.52 bits per heavy atom. The van der Waals surface area contributed by atoms with Crippen LogP contribution in [0.2, 0.25) is 0 Å². The van der Waals surface area contributed by atoms with Crippen LogP contribution in [-0.2, 0) is 6.54 Å². The van der Waals surface area contributed by atoms with Crippen LogP contribution in [0.25, 0.3) is 5.69 Å². The highest BCUT2D eigenvalue weighted by Crippen LogP contribution is 2.20. The van der Waals surface area contributed by atoms with Crippen LogP contribution in [0.15, 0.2) is 36.4 Å². The smallest absolute Gasteiger partial charge is 0.0455 e. The van der Waals surface area contributed by atoms with Crippen LogP contribution < -0.4 is 5.32 Å². The number of nitrogens with one attached hydrogen (secondary N) is 1. The summed E-state index contributed by atoms with van der Waals surface area (Å²) in [5.41, 5.74) is 5.28. The number of rotatable bonds is 7. The van der Waals surface area contributed by atoms with Crippen LogP contribution in [0, 0.1) is 13.8 Å². The standard InChI is InChI=1S/C18H26N2S/c1-5-17(13-21-4)19-12-16-11-14(2)20(15(16)3)18-9-7-6-8-10-18/h6-11,17,19H,5,12-13H2,1-4H3. The van der Waals surface area contributed by atoms with Crippen molar-refractivity contribution in [2.75, 3.05) is 12.0 Å². The number of para-hydroxylation sites is 1. The van der Waals surface area contributed by atoms with E-state index in [1.165, 1.54) is 34.8 Å². The highest BCUT2D eigenvalue weighted by Gasteiger charge is 2.12. The highest BCUT2D eigenvalue weighted by molar-refractivity contribution is 7.98. The first kappa shape index (κ1) is 16.2. The summed E-state index contributed by atoms with van der Waals surface area (Å²) in [6.45, 7) is 7.60. The summed E-state index contributed by atoms with van der Waals surface area (Å²) in [5.74, 6) is 1.17. The summed E-state index contributed by atoms with van der Waals surface area (Å²) in [6, 6.07) is 13.5. The molecular weight excluding hydrogens is 276 g/mol. The molecule has 3 heteroatoms. The molecule has 0 aliphatic carbocycles. The molecule has 114 valence electrons. The van der Waals surface area contributed by atoms with E-state index in [0.29, 0.717) is 6.04 Å². The van der Waals surface area contributed by atoms with Crippen molar-refractivity contribution in [2.45, 2.75) is 39.8 Å². The Labute approximate surface area is 133 Å². The van der Waals surface area contributed by atoms with Gasteiger partial charge in [-0.2, -0.15) is 11.8 Å². The first-order chi connectivity index (χ1) is 10.2. The summed E-state index contributed by atoms with van der Waals surface area (Å²) in [7, 11) is 0. The summed E-state index contributed by atoms with van der Waals surface area (Å²) in [6.07, 6.45) is 3.35. The van der Waals surface area contributed by atoms with Crippen molar-refractivity contribution in [3.05, 3.63) is 53.3 Å². The largest absolute Gasteiger partial charge is 0.318 e. The molecule has 0 aliphatic heterocycles. The minimum Gasteiger partial charge on any atom is -0.318 e. The fourth-order valence-corrected chi connectivity index (χ4v) is 3.52. The topological polar surface area (TPSA) is 17.0 Å². The SMILES string of the molecule is CCC(CSC)NCc1cc(C)n(-c2ccccc2)c1C. The molecule has 0 bridgehead atoms. The van der Waals surface area contributed by atoms with Gasteiger partial charge in [-0.3, -0.25) is 0 Å². The van der Waals surface area contributed by atoms with Gasteiger partial charge in [0.15, 0.2) is 0 Å². The van der Waals surface area contributed by atoms with Gasteiger partial charge in [0.2, 0.25) is 0 Å². The molecule has 0 amide bonds. The Kier molecular flexibility index (Phi) is 5.95. The van der Waals surface area contributed by atoms with Crippen molar-refractivity contribution in [1.82, 2.24) is 9.88 Å². The van der Waals surface area contributed by atoms with Crippen LogP contribution in [0.3, 0.4) is 0 Å². The molecule has 1 aromatic heterocycles. The third-order valence-corrected chi connectivity index (χ3v) is 4.73. The van der Waals surface area contributed by atoms with Gasteiger partial charge in [0.25, 0.3) is 0 Å². The first-order valence-electron chi connectivity index (χ1n) is 7.63. The molecule has 2 aromatic rings. The Morgan fingerprint density at radius 1 is 1.19 bits per heavy atom. The second-order valence-electron chi connectivity index (χ2n) is 5.51. The highest BCUT2D eigenvalue weighted by atomic mass is 32.2. The quantitative estimate of drug-likeness (QED) is 0.820. The van der Waals surface area contributed by atoms with E-state index in [1.54, 1.807) is 0 Å². The normalized spacial score (nSPS) is 12.6. The Balaban J connectivity index is 2.16. The third kappa shape index (κ3) is 3.92. The molecule has 0 saturated carbocycles. The fraction of sp³-hybridized carbons (Fsp3) is 0.444. The van der Waals surface area contributed by atoms with Crippen molar-refractivity contribution >= 4 is 11.8 Å². The number of aryl methyl sites for hydroxylation is 1. The molecule has 0 spiro atoms. The van der Waals surface area contributed by atoms with Gasteiger partial charge in [0.05, 0.1) is 0 Å². The molecule has 1 atom stereocenters. The lowest BCUT2D eigenvalue weighted by atomic mass is 10.2. The van der Waals surface area contributed by atoms with Gasteiger partial charge in [-0.1, -0.05) is 25.1 Å². The molecule has 2 rings (SSSR count). The third-order valence-electron chi connectivity index (χ3n) is 3.99. The fourth-order valence-electron chi connectivity index (χ4n) is 2.76. The zero-order chi connectivity index (χ0) is 15.2. The molecule has 1 unspecified atom stereocenters. The van der Waals surface area contributed by atoms with E-state index in [1.807, 2.05) is 11.8 Å². The maximum atomic E-state index is 3.69. The molecule has 0 radical (unpaired) electrons. The van der Waals surface area contributed by atoms with Crippen molar-refractivity contribution in [1.29, 1.82) is 0 Å². The molecular formula is C18H26N2S. The maximum absolute atomic E-state index is 3.69. The van der Waals surface area contributed by atoms with Crippen LogP contribution in [0.1, 0.15) is 30.3 Å². The van der Waals surface area contributed by atoms with E-state index in [-0.39, 0.29) is 0 Å². The monoisotopic (exact) mass is 302 g/mol. The van der Waals surface area contributed by atoms with E-state index in [2.05, 4.69) is 73.3 Å². The van der Waals surface area contributed by atoms with Gasteiger partial charge in [0.1, 0.15) is 0 Å². The zero-order valence-corrected chi connectivity index (χ0v) is 14.3. The van der Waals surface area contributed by atoms with Gasteiger partial charge >= 0.3 is 0 Å². The predicted molar refractivity (Wildman–Crippen MR) is 94.5 cm³/mol. The number of benzene rings is 1. The van der Waals surface area contributed by atoms with E-state index >= 15 is 0 Å². The summed E-state index contributed by atoms with van der Waals surface area (Å²) < 4.78 is 2.34. The molecule has 0 saturated heterocycles. The number of thioether (sulfide) groups is 1. The number of nitrogens with zero attached hydrogens (tertiary/aromatic N) is 1. The lowest BCUT2D eigenvalue weighted by molar-refractivity contribution is 0.540. The van der Waals surface area contributed by atoms with E-state index in [4.69, 9.17) is 0 Å². The molecule has 21 heavy (non-hydrogen) atoms. The van der Waals surface area contributed by atoms with Crippen molar-refractivity contribution in [2.24, 2.45) is 0 Å². The number of hydrogen-bond acceptors (Lipinski definition) is 2. The second-order valence-corrected chi connectivity index (χ2v) is 6.42. The van der Waals surface area contributed by atoms with Gasteiger partial charge in [0, 0.05) is 35.4 Å². The van der Waals surface area contributed by atoms with E-state index in [9.17, 15) is 0 Å². The molecule has 1 aromatic carbocycles. The van der Waals surface area contributed by atoms with E-state index < -0.39 is 0 Å². The predicted octanol–water partition coefficient (Wildman–Crippen LogP) is 4.33. The zero-order valence-electron chi connectivity index (χ0n) is 13.5. The van der Waals surface area contributed by atoms with Crippen LogP contribution >= 0.6 is 11.8 Å².